The summed E-state index contributed by atoms with van der Waals surface area (Å²) in [5.74, 6) is 1.62. The van der Waals surface area contributed by atoms with Gasteiger partial charge >= 0.3 is 0 Å². The van der Waals surface area contributed by atoms with E-state index in [-0.39, 0.29) is 0 Å². The first-order valence-corrected chi connectivity index (χ1v) is 18.9. The largest absolute Gasteiger partial charge is 0.256 e. The molecule has 0 bridgehead atoms. The zero-order valence-corrected chi connectivity index (χ0v) is 28.2. The average molecular weight is 560 g/mol. The Morgan fingerprint density at radius 3 is 1.20 bits per heavy atom. The second-order valence-corrected chi connectivity index (χ2v) is 13.0. The minimum Gasteiger partial charge on any atom is -0.234 e. The Morgan fingerprint density at radius 2 is 0.775 bits per heavy atom. The van der Waals surface area contributed by atoms with Crippen LogP contribution in [0.2, 0.25) is 0 Å². The second-order valence-electron chi connectivity index (χ2n) is 13.0. The van der Waals surface area contributed by atoms with Crippen LogP contribution in [0.4, 0.5) is 0 Å². The predicted molar refractivity (Wildman–Crippen MR) is 179 cm³/mol. The summed E-state index contributed by atoms with van der Waals surface area (Å²) in [6.45, 7) is 9.39. The molecular formula is C38H75N2+. The van der Waals surface area contributed by atoms with Gasteiger partial charge in [0.1, 0.15) is 12.4 Å². The summed E-state index contributed by atoms with van der Waals surface area (Å²) in [6.07, 6.45) is 47.4. The van der Waals surface area contributed by atoms with E-state index >= 15 is 0 Å². The van der Waals surface area contributed by atoms with E-state index in [2.05, 4.69) is 42.3 Å². The maximum Gasteiger partial charge on any atom is 0.256 e. The Kier molecular flexibility index (Phi) is 27.6. The molecule has 0 spiro atoms. The fourth-order valence-corrected chi connectivity index (χ4v) is 6.33. The summed E-state index contributed by atoms with van der Waals surface area (Å²) < 4.78 is 5.25. The van der Waals surface area contributed by atoms with E-state index in [4.69, 9.17) is 0 Å². The van der Waals surface area contributed by atoms with Crippen molar-refractivity contribution in [2.24, 2.45) is 0 Å². The van der Waals surface area contributed by atoms with Crippen LogP contribution in [0.15, 0.2) is 12.4 Å². The van der Waals surface area contributed by atoms with Gasteiger partial charge in [0.05, 0.1) is 13.1 Å². The van der Waals surface area contributed by atoms with Crippen molar-refractivity contribution in [1.82, 2.24) is 4.57 Å². The number of aryl methyl sites for hydroxylation is 2. The zero-order valence-electron chi connectivity index (χ0n) is 28.2. The normalized spacial score (nSPS) is 11.6. The van der Waals surface area contributed by atoms with Crippen molar-refractivity contribution < 1.29 is 4.57 Å². The van der Waals surface area contributed by atoms with Gasteiger partial charge in [-0.05, 0) is 32.1 Å². The van der Waals surface area contributed by atoms with Crippen LogP contribution in [0.3, 0.4) is 0 Å². The highest BCUT2D eigenvalue weighted by Crippen LogP contribution is 2.15. The number of aromatic nitrogens is 2. The molecule has 0 aliphatic rings. The molecule has 2 heteroatoms. The summed E-state index contributed by atoms with van der Waals surface area (Å²) >= 11 is 0. The van der Waals surface area contributed by atoms with E-state index in [1.54, 1.807) is 5.82 Å². The smallest absolute Gasteiger partial charge is 0.234 e. The Labute approximate surface area is 253 Å². The average Bonchev–Trinajstić information content (AvgIpc) is 3.35. The zero-order chi connectivity index (χ0) is 28.8. The number of unbranched alkanes of at least 4 members (excludes halogenated alkanes) is 26. The number of rotatable bonds is 32. The van der Waals surface area contributed by atoms with Crippen molar-refractivity contribution in [3.63, 3.8) is 0 Å². The van der Waals surface area contributed by atoms with Crippen molar-refractivity contribution in [1.29, 1.82) is 0 Å². The van der Waals surface area contributed by atoms with Gasteiger partial charge in [0.25, 0.3) is 5.82 Å². The van der Waals surface area contributed by atoms with Crippen molar-refractivity contribution in [2.75, 3.05) is 0 Å². The molecule has 236 valence electrons. The third-order valence-electron chi connectivity index (χ3n) is 9.10. The third kappa shape index (κ3) is 21.9. The van der Waals surface area contributed by atoms with E-state index in [0.717, 1.165) is 0 Å². The van der Waals surface area contributed by atoms with Crippen molar-refractivity contribution in [2.45, 2.75) is 226 Å². The predicted octanol–water partition coefficient (Wildman–Crippen LogP) is 12.7. The molecule has 0 saturated carbocycles. The molecular weight excluding hydrogens is 484 g/mol. The first kappa shape index (κ1) is 37.2. The number of hydrogen-bond donors (Lipinski definition) is 0. The van der Waals surface area contributed by atoms with Gasteiger partial charge in [-0.2, -0.15) is 0 Å². The number of imidazole rings is 1. The van der Waals surface area contributed by atoms with Crippen LogP contribution in [0.5, 0.6) is 0 Å². The quantitative estimate of drug-likeness (QED) is 0.0613. The molecule has 0 aliphatic carbocycles. The van der Waals surface area contributed by atoms with Gasteiger partial charge in [-0.3, -0.25) is 0 Å². The molecule has 1 rings (SSSR count). The molecule has 1 heterocycles. The summed E-state index contributed by atoms with van der Waals surface area (Å²) in [5.41, 5.74) is 0. The number of nitrogens with zero attached hydrogens (tertiary/aromatic N) is 2. The van der Waals surface area contributed by atoms with Crippen molar-refractivity contribution in [3.8, 4) is 0 Å². The van der Waals surface area contributed by atoms with E-state index in [9.17, 15) is 0 Å². The van der Waals surface area contributed by atoms with Crippen LogP contribution in [0.25, 0.3) is 0 Å². The SMILES string of the molecule is CCCCCCCCCCCCCCc1n(CCCCCCCCCCCCC)cc[n+]1CCCCCCCC. The van der Waals surface area contributed by atoms with Crippen LogP contribution in [0, 0.1) is 0 Å². The summed E-state index contributed by atoms with van der Waals surface area (Å²) in [4.78, 5) is 0. The molecule has 40 heavy (non-hydrogen) atoms. The number of hydrogen-bond acceptors (Lipinski definition) is 0. The standard InChI is InChI=1S/C38H75N2/c1-4-7-10-13-16-18-20-21-23-25-27-30-33-38-39(34-31-28-15-12-9-6-3)36-37-40(38)35-32-29-26-24-22-19-17-14-11-8-5-2/h36-37H,4-35H2,1-3H3/q+1. The molecule has 0 aromatic carbocycles. The van der Waals surface area contributed by atoms with Crippen LogP contribution in [-0.4, -0.2) is 4.57 Å². The van der Waals surface area contributed by atoms with E-state index in [0.29, 0.717) is 0 Å². The lowest BCUT2D eigenvalue weighted by Gasteiger charge is -2.07. The molecule has 1 aromatic heterocycles. The van der Waals surface area contributed by atoms with Gasteiger partial charge in [-0.25, -0.2) is 9.13 Å². The van der Waals surface area contributed by atoms with Gasteiger partial charge in [-0.1, -0.05) is 175 Å². The molecule has 0 radical (unpaired) electrons. The van der Waals surface area contributed by atoms with Crippen LogP contribution < -0.4 is 4.57 Å². The topological polar surface area (TPSA) is 8.81 Å². The third-order valence-corrected chi connectivity index (χ3v) is 9.10. The fraction of sp³-hybridized carbons (Fsp3) is 0.921. The Morgan fingerprint density at radius 1 is 0.425 bits per heavy atom. The molecule has 0 amide bonds. The van der Waals surface area contributed by atoms with Crippen LogP contribution >= 0.6 is 0 Å². The Balaban J connectivity index is 2.28. The highest BCUT2D eigenvalue weighted by Gasteiger charge is 2.16. The maximum absolute atomic E-state index is 2.63. The maximum atomic E-state index is 2.63. The van der Waals surface area contributed by atoms with Gasteiger partial charge in [0.2, 0.25) is 0 Å². The Bertz CT molecular complexity index is 619. The van der Waals surface area contributed by atoms with Crippen molar-refractivity contribution in [3.05, 3.63) is 18.2 Å². The van der Waals surface area contributed by atoms with Crippen LogP contribution in [0.1, 0.15) is 213 Å². The van der Waals surface area contributed by atoms with E-state index < -0.39 is 0 Å². The summed E-state index contributed by atoms with van der Waals surface area (Å²) in [7, 11) is 0. The van der Waals surface area contributed by atoms with Gasteiger partial charge < -0.3 is 0 Å². The molecule has 2 nitrogen and oxygen atoms in total. The minimum absolute atomic E-state index is 1.23. The summed E-state index contributed by atoms with van der Waals surface area (Å²) in [6, 6.07) is 0. The van der Waals surface area contributed by atoms with E-state index in [1.165, 1.54) is 206 Å². The molecule has 0 unspecified atom stereocenters. The summed E-state index contributed by atoms with van der Waals surface area (Å²) in [5, 5.41) is 0. The molecule has 0 atom stereocenters. The lowest BCUT2D eigenvalue weighted by Crippen LogP contribution is -2.37. The van der Waals surface area contributed by atoms with Crippen molar-refractivity contribution >= 4 is 0 Å². The highest BCUT2D eigenvalue weighted by atomic mass is 15.1. The monoisotopic (exact) mass is 560 g/mol. The second kappa shape index (κ2) is 29.7. The fourth-order valence-electron chi connectivity index (χ4n) is 6.33. The molecule has 0 N–H and O–H groups in total. The lowest BCUT2D eigenvalue weighted by atomic mass is 10.0. The van der Waals surface area contributed by atoms with Gasteiger partial charge in [-0.15, -0.1) is 0 Å². The highest BCUT2D eigenvalue weighted by molar-refractivity contribution is 4.84. The van der Waals surface area contributed by atoms with Gasteiger partial charge in [0.15, 0.2) is 0 Å². The molecule has 1 aromatic rings. The van der Waals surface area contributed by atoms with Gasteiger partial charge in [0, 0.05) is 6.42 Å². The molecule has 0 aliphatic heterocycles. The Hall–Kier alpha value is -0.790. The molecule has 0 saturated heterocycles. The lowest BCUT2D eigenvalue weighted by molar-refractivity contribution is -0.704. The first-order valence-electron chi connectivity index (χ1n) is 18.9. The minimum atomic E-state index is 1.23. The van der Waals surface area contributed by atoms with Crippen LogP contribution in [-0.2, 0) is 19.5 Å². The molecule has 0 fully saturated rings. The van der Waals surface area contributed by atoms with E-state index in [1.807, 2.05) is 0 Å². The first-order chi connectivity index (χ1) is 19.8.